The van der Waals surface area contributed by atoms with Crippen molar-refractivity contribution in [1.82, 2.24) is 0 Å². The Balaban J connectivity index is 3.25. The van der Waals surface area contributed by atoms with Gasteiger partial charge in [-0.05, 0) is 34.7 Å². The van der Waals surface area contributed by atoms with Crippen molar-refractivity contribution in [3.05, 3.63) is 32.1 Å². The molecule has 1 aromatic carbocycles. The lowest BCUT2D eigenvalue weighted by Gasteiger charge is -2.02. The summed E-state index contributed by atoms with van der Waals surface area (Å²) in [5.41, 5.74) is 0.569. The number of halogens is 3. The van der Waals surface area contributed by atoms with Crippen molar-refractivity contribution in [2.24, 2.45) is 0 Å². The van der Waals surface area contributed by atoms with Gasteiger partial charge in [0.25, 0.3) is 0 Å². The van der Waals surface area contributed by atoms with Crippen LogP contribution in [0.1, 0.15) is 5.56 Å². The van der Waals surface area contributed by atoms with Crippen LogP contribution < -0.4 is 0 Å². The van der Waals surface area contributed by atoms with Crippen LogP contribution in [0.25, 0.3) is 0 Å². The van der Waals surface area contributed by atoms with Crippen molar-refractivity contribution in [3.8, 4) is 6.07 Å². The van der Waals surface area contributed by atoms with Gasteiger partial charge in [0.15, 0.2) is 0 Å². The maximum atomic E-state index is 12.9. The molecular formula is C8H4ClFIN. The SMILES string of the molecule is N#CCc1c(Cl)ccc(F)c1I. The molecule has 0 amide bonds. The molecule has 1 rings (SSSR count). The first-order chi connectivity index (χ1) is 5.66. The highest BCUT2D eigenvalue weighted by molar-refractivity contribution is 14.1. The van der Waals surface area contributed by atoms with E-state index >= 15 is 0 Å². The van der Waals surface area contributed by atoms with E-state index in [0.717, 1.165) is 0 Å². The summed E-state index contributed by atoms with van der Waals surface area (Å²) < 4.78 is 13.3. The Morgan fingerprint density at radius 3 is 2.83 bits per heavy atom. The number of nitriles is 1. The number of hydrogen-bond acceptors (Lipinski definition) is 1. The van der Waals surface area contributed by atoms with Crippen LogP contribution in [0.4, 0.5) is 4.39 Å². The normalized spacial score (nSPS) is 9.50. The molecule has 0 aliphatic heterocycles. The average Bonchev–Trinajstić information content (AvgIpc) is 2.06. The molecule has 0 aliphatic carbocycles. The molecule has 0 saturated carbocycles. The van der Waals surface area contributed by atoms with Crippen LogP contribution in [0.15, 0.2) is 12.1 Å². The van der Waals surface area contributed by atoms with Crippen molar-refractivity contribution in [1.29, 1.82) is 5.26 Å². The molecule has 0 atom stereocenters. The van der Waals surface area contributed by atoms with E-state index < -0.39 is 0 Å². The van der Waals surface area contributed by atoms with Gasteiger partial charge in [-0.1, -0.05) is 11.6 Å². The van der Waals surface area contributed by atoms with Gasteiger partial charge in [0.2, 0.25) is 0 Å². The molecule has 4 heteroatoms. The van der Waals surface area contributed by atoms with Crippen LogP contribution in [0.5, 0.6) is 0 Å². The van der Waals surface area contributed by atoms with Crippen LogP contribution in [0.2, 0.25) is 5.02 Å². The summed E-state index contributed by atoms with van der Waals surface area (Å²) in [4.78, 5) is 0. The summed E-state index contributed by atoms with van der Waals surface area (Å²) in [7, 11) is 0. The van der Waals surface area contributed by atoms with E-state index in [2.05, 4.69) is 0 Å². The van der Waals surface area contributed by atoms with Gasteiger partial charge < -0.3 is 0 Å². The topological polar surface area (TPSA) is 23.8 Å². The Morgan fingerprint density at radius 2 is 2.25 bits per heavy atom. The molecular weight excluding hydrogens is 291 g/mol. The summed E-state index contributed by atoms with van der Waals surface area (Å²) in [5.74, 6) is -0.328. The zero-order chi connectivity index (χ0) is 9.14. The predicted octanol–water partition coefficient (Wildman–Crippen LogP) is 3.15. The molecule has 0 aromatic heterocycles. The van der Waals surface area contributed by atoms with Gasteiger partial charge in [0.05, 0.1) is 16.1 Å². The fraction of sp³-hybridized carbons (Fsp3) is 0.125. The minimum Gasteiger partial charge on any atom is -0.206 e. The highest BCUT2D eigenvalue weighted by Gasteiger charge is 2.08. The van der Waals surface area contributed by atoms with E-state index in [1.165, 1.54) is 12.1 Å². The molecule has 1 nitrogen and oxygen atoms in total. The Hall–Kier alpha value is -0.340. The van der Waals surface area contributed by atoms with E-state index in [1.807, 2.05) is 28.7 Å². The zero-order valence-electron chi connectivity index (χ0n) is 5.94. The minimum atomic E-state index is -0.328. The molecule has 0 heterocycles. The lowest BCUT2D eigenvalue weighted by Crippen LogP contribution is -1.92. The Kier molecular flexibility index (Phi) is 3.29. The third-order valence-electron chi connectivity index (χ3n) is 1.39. The smallest absolute Gasteiger partial charge is 0.136 e. The predicted molar refractivity (Wildman–Crippen MR) is 53.4 cm³/mol. The molecule has 1 aromatic rings. The molecule has 0 radical (unpaired) electrons. The highest BCUT2D eigenvalue weighted by Crippen LogP contribution is 2.24. The second-order valence-electron chi connectivity index (χ2n) is 2.16. The lowest BCUT2D eigenvalue weighted by atomic mass is 10.2. The van der Waals surface area contributed by atoms with E-state index in [0.29, 0.717) is 14.2 Å². The molecule has 62 valence electrons. The number of rotatable bonds is 1. The van der Waals surface area contributed by atoms with Crippen molar-refractivity contribution in [2.45, 2.75) is 6.42 Å². The van der Waals surface area contributed by atoms with E-state index in [-0.39, 0.29) is 12.2 Å². The van der Waals surface area contributed by atoms with Gasteiger partial charge in [-0.2, -0.15) is 5.26 Å². The molecule has 0 spiro atoms. The number of benzene rings is 1. The molecule has 0 unspecified atom stereocenters. The molecule has 0 saturated heterocycles. The molecule has 12 heavy (non-hydrogen) atoms. The maximum Gasteiger partial charge on any atom is 0.136 e. The van der Waals surface area contributed by atoms with Gasteiger partial charge in [-0.15, -0.1) is 0 Å². The number of nitrogens with zero attached hydrogens (tertiary/aromatic N) is 1. The van der Waals surface area contributed by atoms with E-state index in [1.54, 1.807) is 0 Å². The van der Waals surface area contributed by atoms with Gasteiger partial charge in [-0.25, -0.2) is 4.39 Å². The van der Waals surface area contributed by atoms with Crippen LogP contribution in [0, 0.1) is 20.7 Å². The van der Waals surface area contributed by atoms with Gasteiger partial charge in [-0.3, -0.25) is 0 Å². The Morgan fingerprint density at radius 1 is 1.58 bits per heavy atom. The first kappa shape index (κ1) is 9.75. The van der Waals surface area contributed by atoms with Crippen molar-refractivity contribution < 1.29 is 4.39 Å². The first-order valence-corrected chi connectivity index (χ1v) is 4.62. The highest BCUT2D eigenvalue weighted by atomic mass is 127. The largest absolute Gasteiger partial charge is 0.206 e. The third kappa shape index (κ3) is 1.87. The van der Waals surface area contributed by atoms with Gasteiger partial charge in [0, 0.05) is 10.6 Å². The average molecular weight is 295 g/mol. The summed E-state index contributed by atoms with van der Waals surface area (Å²) in [6.07, 6.45) is 0.148. The van der Waals surface area contributed by atoms with Crippen molar-refractivity contribution in [3.63, 3.8) is 0 Å². The molecule has 0 fully saturated rings. The Bertz CT molecular complexity index is 346. The van der Waals surface area contributed by atoms with Gasteiger partial charge >= 0.3 is 0 Å². The second kappa shape index (κ2) is 4.06. The van der Waals surface area contributed by atoms with Crippen LogP contribution in [-0.2, 0) is 6.42 Å². The fourth-order valence-electron chi connectivity index (χ4n) is 0.810. The summed E-state index contributed by atoms with van der Waals surface area (Å²) >= 11 is 7.60. The van der Waals surface area contributed by atoms with E-state index in [4.69, 9.17) is 16.9 Å². The summed E-state index contributed by atoms with van der Waals surface area (Å²) in [6.45, 7) is 0. The molecule has 0 bridgehead atoms. The summed E-state index contributed by atoms with van der Waals surface area (Å²) in [5, 5.41) is 8.87. The monoisotopic (exact) mass is 295 g/mol. The molecule has 0 N–H and O–H groups in total. The van der Waals surface area contributed by atoms with E-state index in [9.17, 15) is 4.39 Å². The first-order valence-electron chi connectivity index (χ1n) is 3.16. The van der Waals surface area contributed by atoms with Crippen molar-refractivity contribution >= 4 is 34.2 Å². The lowest BCUT2D eigenvalue weighted by molar-refractivity contribution is 0.618. The van der Waals surface area contributed by atoms with Crippen molar-refractivity contribution in [2.75, 3.05) is 0 Å². The standard InChI is InChI=1S/C8H4ClFIN/c9-6-1-2-7(10)8(11)5(6)3-4-12/h1-2H,3H2. The second-order valence-corrected chi connectivity index (χ2v) is 3.64. The maximum absolute atomic E-state index is 12.9. The fourth-order valence-corrected chi connectivity index (χ4v) is 1.85. The zero-order valence-corrected chi connectivity index (χ0v) is 8.86. The van der Waals surface area contributed by atoms with Crippen LogP contribution in [-0.4, -0.2) is 0 Å². The Labute approximate surface area is 88.3 Å². The van der Waals surface area contributed by atoms with Gasteiger partial charge in [0.1, 0.15) is 5.82 Å². The number of hydrogen-bond donors (Lipinski definition) is 0. The quantitative estimate of drug-likeness (QED) is 0.577. The molecule has 0 aliphatic rings. The van der Waals surface area contributed by atoms with Crippen LogP contribution >= 0.6 is 34.2 Å². The van der Waals surface area contributed by atoms with Crippen LogP contribution in [0.3, 0.4) is 0 Å². The third-order valence-corrected chi connectivity index (χ3v) is 2.92. The summed E-state index contributed by atoms with van der Waals surface area (Å²) in [6, 6.07) is 4.70. The minimum absolute atomic E-state index is 0.148.